The minimum Gasteiger partial charge on any atom is -0.399 e. The van der Waals surface area contributed by atoms with E-state index < -0.39 is 0 Å². The fourth-order valence-corrected chi connectivity index (χ4v) is 3.70. The summed E-state index contributed by atoms with van der Waals surface area (Å²) in [5.74, 6) is 2.67. The van der Waals surface area contributed by atoms with Crippen molar-refractivity contribution >= 4 is 16.6 Å². The molecule has 3 aromatic rings. The first-order valence-corrected chi connectivity index (χ1v) is 8.73. The first kappa shape index (κ1) is 15.7. The molecule has 2 N–H and O–H groups in total. The number of hydrogen-bond donors (Lipinski definition) is 1. The van der Waals surface area contributed by atoms with Crippen LogP contribution in [0.1, 0.15) is 30.0 Å². The molecular formula is C21H22N4. The number of nitrogens with zero attached hydrogens (tertiary/aromatic N) is 3. The van der Waals surface area contributed by atoms with Crippen molar-refractivity contribution in [1.82, 2.24) is 14.7 Å². The van der Waals surface area contributed by atoms with Crippen LogP contribution in [0.25, 0.3) is 10.9 Å². The highest BCUT2D eigenvalue weighted by Crippen LogP contribution is 2.27. The monoisotopic (exact) mass is 330 g/mol. The third-order valence-electron chi connectivity index (χ3n) is 4.97. The maximum atomic E-state index is 5.88. The molecule has 0 unspecified atom stereocenters. The number of fused-ring (bicyclic) bond motifs is 1. The van der Waals surface area contributed by atoms with Gasteiger partial charge in [0.2, 0.25) is 0 Å². The fraction of sp³-hybridized carbons (Fsp3) is 0.286. The van der Waals surface area contributed by atoms with Crippen LogP contribution in [-0.4, -0.2) is 27.8 Å². The maximum Gasteiger partial charge on any atom is 0.0687 e. The molecule has 4 nitrogen and oxygen atoms in total. The molecule has 0 saturated carbocycles. The number of anilines is 1. The minimum absolute atomic E-state index is 0.403. The maximum absolute atomic E-state index is 5.88. The lowest BCUT2D eigenvalue weighted by atomic mass is 10.0. The quantitative estimate of drug-likeness (QED) is 0.591. The Labute approximate surface area is 148 Å². The van der Waals surface area contributed by atoms with E-state index in [9.17, 15) is 0 Å². The number of nitrogen functional groups attached to an aromatic ring is 1. The van der Waals surface area contributed by atoms with E-state index in [0.29, 0.717) is 6.04 Å². The molecule has 1 aliphatic heterocycles. The molecule has 2 heterocycles. The summed E-state index contributed by atoms with van der Waals surface area (Å²) in [4.78, 5) is 2.50. The summed E-state index contributed by atoms with van der Waals surface area (Å²) in [6, 6.07) is 14.7. The van der Waals surface area contributed by atoms with E-state index in [0.717, 1.165) is 42.7 Å². The van der Waals surface area contributed by atoms with E-state index in [1.54, 1.807) is 0 Å². The van der Waals surface area contributed by atoms with Crippen molar-refractivity contribution in [2.24, 2.45) is 0 Å². The number of hydrogen-bond acceptors (Lipinski definition) is 3. The summed E-state index contributed by atoms with van der Waals surface area (Å²) in [7, 11) is 0. The molecule has 4 rings (SSSR count). The Morgan fingerprint density at radius 1 is 1.20 bits per heavy atom. The van der Waals surface area contributed by atoms with Crippen molar-refractivity contribution in [3.63, 3.8) is 0 Å². The molecule has 1 aliphatic rings. The van der Waals surface area contributed by atoms with Gasteiger partial charge in [-0.25, -0.2) is 0 Å². The lowest BCUT2D eigenvalue weighted by Gasteiger charge is -2.33. The highest BCUT2D eigenvalue weighted by Gasteiger charge is 2.23. The topological polar surface area (TPSA) is 47.1 Å². The number of terminal acetylenes is 1. The Kier molecular flexibility index (Phi) is 4.17. The van der Waals surface area contributed by atoms with Crippen molar-refractivity contribution in [3.8, 4) is 12.3 Å². The largest absolute Gasteiger partial charge is 0.399 e. The molecule has 1 atom stereocenters. The molecule has 4 heteroatoms. The van der Waals surface area contributed by atoms with E-state index in [1.807, 2.05) is 30.5 Å². The standard InChI is InChI=1S/C21H22N4/c1-2-16-5-7-17(8-6-16)14-24-11-3-4-20(15-24)25-21-10-9-19(22)12-18(21)13-23-25/h1,5-10,12-13,20H,3-4,11,14-15,22H2/t20-/m0/s1. The normalized spacial score (nSPS) is 18.3. The minimum atomic E-state index is 0.403. The first-order chi connectivity index (χ1) is 12.2. The summed E-state index contributed by atoms with van der Waals surface area (Å²) >= 11 is 0. The van der Waals surface area contributed by atoms with E-state index in [1.165, 1.54) is 17.5 Å². The van der Waals surface area contributed by atoms with Crippen LogP contribution in [0, 0.1) is 12.3 Å². The van der Waals surface area contributed by atoms with Crippen molar-refractivity contribution in [2.45, 2.75) is 25.4 Å². The molecule has 0 aliphatic carbocycles. The van der Waals surface area contributed by atoms with Crippen molar-refractivity contribution in [3.05, 3.63) is 59.8 Å². The Morgan fingerprint density at radius 2 is 2.04 bits per heavy atom. The van der Waals surface area contributed by atoms with Gasteiger partial charge in [-0.15, -0.1) is 6.42 Å². The van der Waals surface area contributed by atoms with Crippen LogP contribution < -0.4 is 5.73 Å². The molecule has 1 aromatic heterocycles. The number of nitrogens with two attached hydrogens (primary N) is 1. The lowest BCUT2D eigenvalue weighted by molar-refractivity contribution is 0.165. The summed E-state index contributed by atoms with van der Waals surface area (Å²) in [6.45, 7) is 3.09. The van der Waals surface area contributed by atoms with E-state index in [4.69, 9.17) is 12.2 Å². The molecule has 1 fully saturated rings. The van der Waals surface area contributed by atoms with E-state index in [-0.39, 0.29) is 0 Å². The first-order valence-electron chi connectivity index (χ1n) is 8.73. The van der Waals surface area contributed by atoms with Crippen LogP contribution in [0.4, 0.5) is 5.69 Å². The second kappa shape index (κ2) is 6.62. The average molecular weight is 330 g/mol. The van der Waals surface area contributed by atoms with Crippen LogP contribution in [-0.2, 0) is 6.54 Å². The highest BCUT2D eigenvalue weighted by molar-refractivity contribution is 5.82. The van der Waals surface area contributed by atoms with Crippen LogP contribution >= 0.6 is 0 Å². The van der Waals surface area contributed by atoms with E-state index in [2.05, 4.69) is 38.8 Å². The predicted molar refractivity (Wildman–Crippen MR) is 102 cm³/mol. The van der Waals surface area contributed by atoms with Gasteiger partial charge in [0.15, 0.2) is 0 Å². The van der Waals surface area contributed by atoms with Crippen LogP contribution in [0.3, 0.4) is 0 Å². The molecule has 1 saturated heterocycles. The van der Waals surface area contributed by atoms with Crippen LogP contribution in [0.5, 0.6) is 0 Å². The van der Waals surface area contributed by atoms with Gasteiger partial charge in [0.05, 0.1) is 17.8 Å². The Hall–Kier alpha value is -2.77. The zero-order chi connectivity index (χ0) is 17.2. The molecular weight excluding hydrogens is 308 g/mol. The van der Waals surface area contributed by atoms with Crippen molar-refractivity contribution in [1.29, 1.82) is 0 Å². The fourth-order valence-electron chi connectivity index (χ4n) is 3.70. The summed E-state index contributed by atoms with van der Waals surface area (Å²) in [5, 5.41) is 5.75. The molecule has 25 heavy (non-hydrogen) atoms. The Morgan fingerprint density at radius 3 is 2.84 bits per heavy atom. The summed E-state index contributed by atoms with van der Waals surface area (Å²) in [5.41, 5.74) is 10.1. The van der Waals surface area contributed by atoms with Gasteiger partial charge in [-0.05, 0) is 55.3 Å². The van der Waals surface area contributed by atoms with Gasteiger partial charge in [-0.2, -0.15) is 5.10 Å². The third kappa shape index (κ3) is 3.24. The molecule has 0 amide bonds. The summed E-state index contributed by atoms with van der Waals surface area (Å²) in [6.07, 6.45) is 9.70. The highest BCUT2D eigenvalue weighted by atomic mass is 15.3. The van der Waals surface area contributed by atoms with Gasteiger partial charge in [-0.3, -0.25) is 9.58 Å². The second-order valence-electron chi connectivity index (χ2n) is 6.78. The smallest absolute Gasteiger partial charge is 0.0687 e. The Balaban J connectivity index is 1.51. The third-order valence-corrected chi connectivity index (χ3v) is 4.97. The van der Waals surface area contributed by atoms with Crippen LogP contribution in [0.15, 0.2) is 48.7 Å². The molecule has 0 spiro atoms. The molecule has 126 valence electrons. The van der Waals surface area contributed by atoms with Gasteiger partial charge < -0.3 is 5.73 Å². The molecule has 0 radical (unpaired) electrons. The number of piperidine rings is 1. The Bertz CT molecular complexity index is 917. The van der Waals surface area contributed by atoms with Gasteiger partial charge in [0.25, 0.3) is 0 Å². The van der Waals surface area contributed by atoms with Crippen molar-refractivity contribution in [2.75, 3.05) is 18.8 Å². The van der Waals surface area contributed by atoms with Gasteiger partial charge in [0.1, 0.15) is 0 Å². The zero-order valence-corrected chi connectivity index (χ0v) is 14.2. The number of benzene rings is 2. The predicted octanol–water partition coefficient (Wildman–Crippen LogP) is 3.44. The average Bonchev–Trinajstić information content (AvgIpc) is 3.05. The van der Waals surface area contributed by atoms with Gasteiger partial charge in [0, 0.05) is 29.7 Å². The zero-order valence-electron chi connectivity index (χ0n) is 14.2. The molecule has 2 aromatic carbocycles. The summed E-state index contributed by atoms with van der Waals surface area (Å²) < 4.78 is 2.17. The van der Waals surface area contributed by atoms with Gasteiger partial charge >= 0.3 is 0 Å². The lowest BCUT2D eigenvalue weighted by Crippen LogP contribution is -2.36. The molecule has 0 bridgehead atoms. The van der Waals surface area contributed by atoms with Gasteiger partial charge in [-0.1, -0.05) is 18.1 Å². The SMILES string of the molecule is C#Cc1ccc(CN2CCC[C@H](n3ncc4cc(N)ccc43)C2)cc1. The van der Waals surface area contributed by atoms with Crippen LogP contribution in [0.2, 0.25) is 0 Å². The second-order valence-corrected chi connectivity index (χ2v) is 6.78. The number of aromatic nitrogens is 2. The number of rotatable bonds is 3. The van der Waals surface area contributed by atoms with E-state index >= 15 is 0 Å². The van der Waals surface area contributed by atoms with Crippen molar-refractivity contribution < 1.29 is 0 Å². The number of likely N-dealkylation sites (tertiary alicyclic amines) is 1.